The molecule has 0 radical (unpaired) electrons. The van der Waals surface area contributed by atoms with E-state index in [4.69, 9.17) is 0 Å². The van der Waals surface area contributed by atoms with Crippen molar-refractivity contribution in [2.24, 2.45) is 0 Å². The summed E-state index contributed by atoms with van der Waals surface area (Å²) < 4.78 is 26.3. The van der Waals surface area contributed by atoms with Crippen LogP contribution in [0.15, 0.2) is 12.1 Å². The van der Waals surface area contributed by atoms with E-state index in [1.807, 2.05) is 6.92 Å². The van der Waals surface area contributed by atoms with Gasteiger partial charge >= 0.3 is 10.2 Å². The van der Waals surface area contributed by atoms with Gasteiger partial charge in [0.15, 0.2) is 0 Å². The standard InChI is InChI=1S/C11H15N3O3S/c1-7-5-10-11(6-9(7)12-8(2)15)14(4)18(16,17)13(10)3/h5-6H,1-4H3,(H,12,15). The quantitative estimate of drug-likeness (QED) is 0.829. The van der Waals surface area contributed by atoms with Crippen molar-refractivity contribution < 1.29 is 13.2 Å². The highest BCUT2D eigenvalue weighted by molar-refractivity contribution is 7.94. The van der Waals surface area contributed by atoms with E-state index in [1.165, 1.54) is 29.6 Å². The average Bonchev–Trinajstić information content (AvgIpc) is 2.42. The summed E-state index contributed by atoms with van der Waals surface area (Å²) in [7, 11) is -0.471. The Morgan fingerprint density at radius 3 is 2.17 bits per heavy atom. The Bertz CT molecular complexity index is 625. The SMILES string of the molecule is CC(=O)Nc1cc2c(cc1C)N(C)S(=O)(=O)N2C. The Morgan fingerprint density at radius 2 is 1.67 bits per heavy atom. The summed E-state index contributed by atoms with van der Waals surface area (Å²) >= 11 is 0. The number of fused-ring (bicyclic) bond motifs is 1. The highest BCUT2D eigenvalue weighted by atomic mass is 32.2. The lowest BCUT2D eigenvalue weighted by Crippen LogP contribution is -2.32. The third kappa shape index (κ3) is 1.71. The molecule has 1 aromatic carbocycles. The number of hydrogen-bond donors (Lipinski definition) is 1. The van der Waals surface area contributed by atoms with Crippen molar-refractivity contribution in [3.63, 3.8) is 0 Å². The van der Waals surface area contributed by atoms with Crippen LogP contribution in [-0.2, 0) is 15.0 Å². The van der Waals surface area contributed by atoms with E-state index < -0.39 is 10.2 Å². The molecule has 0 bridgehead atoms. The van der Waals surface area contributed by atoms with Crippen LogP contribution in [0.5, 0.6) is 0 Å². The molecule has 0 unspecified atom stereocenters. The Kier molecular flexibility index (Phi) is 2.73. The lowest BCUT2D eigenvalue weighted by Gasteiger charge is -2.13. The first-order chi connectivity index (χ1) is 8.25. The first kappa shape index (κ1) is 12.7. The number of carbonyl (C=O) groups is 1. The molecule has 0 saturated carbocycles. The molecule has 0 atom stereocenters. The van der Waals surface area contributed by atoms with Gasteiger partial charge in [-0.05, 0) is 24.6 Å². The lowest BCUT2D eigenvalue weighted by atomic mass is 10.1. The number of rotatable bonds is 1. The highest BCUT2D eigenvalue weighted by Crippen LogP contribution is 2.41. The molecular formula is C11H15N3O3S. The molecule has 18 heavy (non-hydrogen) atoms. The van der Waals surface area contributed by atoms with Gasteiger partial charge < -0.3 is 5.32 Å². The van der Waals surface area contributed by atoms with E-state index in [0.717, 1.165) is 5.56 Å². The molecule has 2 rings (SSSR count). The van der Waals surface area contributed by atoms with Crippen molar-refractivity contribution in [1.29, 1.82) is 0 Å². The minimum Gasteiger partial charge on any atom is -0.326 e. The first-order valence-corrected chi connectivity index (χ1v) is 6.80. The summed E-state index contributed by atoms with van der Waals surface area (Å²) in [5.74, 6) is -0.185. The number of nitrogens with one attached hydrogen (secondary N) is 1. The van der Waals surface area contributed by atoms with Crippen LogP contribution in [0.2, 0.25) is 0 Å². The number of carbonyl (C=O) groups excluding carboxylic acids is 1. The number of hydrogen-bond acceptors (Lipinski definition) is 3. The summed E-state index contributed by atoms with van der Waals surface area (Å²) in [4.78, 5) is 11.1. The second-order valence-corrected chi connectivity index (χ2v) is 6.27. The maximum atomic E-state index is 12.0. The molecule has 1 aromatic rings. The fourth-order valence-electron chi connectivity index (χ4n) is 1.94. The van der Waals surface area contributed by atoms with Crippen LogP contribution in [0.25, 0.3) is 0 Å². The summed E-state index contributed by atoms with van der Waals surface area (Å²) in [5.41, 5.74) is 2.62. The lowest BCUT2D eigenvalue weighted by molar-refractivity contribution is -0.114. The predicted octanol–water partition coefficient (Wildman–Crippen LogP) is 1.08. The van der Waals surface area contributed by atoms with E-state index in [0.29, 0.717) is 17.1 Å². The summed E-state index contributed by atoms with van der Waals surface area (Å²) in [6.07, 6.45) is 0. The van der Waals surface area contributed by atoms with Crippen LogP contribution in [0.1, 0.15) is 12.5 Å². The van der Waals surface area contributed by atoms with Crippen molar-refractivity contribution in [2.75, 3.05) is 28.0 Å². The molecule has 0 aromatic heterocycles. The van der Waals surface area contributed by atoms with Gasteiger partial charge in [-0.3, -0.25) is 13.4 Å². The van der Waals surface area contributed by atoms with Crippen LogP contribution in [-0.4, -0.2) is 28.4 Å². The second-order valence-electron chi connectivity index (χ2n) is 4.28. The Morgan fingerprint density at radius 1 is 1.17 bits per heavy atom. The second kappa shape index (κ2) is 3.88. The van der Waals surface area contributed by atoms with E-state index in [-0.39, 0.29) is 5.91 Å². The zero-order valence-electron chi connectivity index (χ0n) is 10.7. The van der Waals surface area contributed by atoms with Gasteiger partial charge in [0, 0.05) is 26.7 Å². The maximum absolute atomic E-state index is 12.0. The van der Waals surface area contributed by atoms with Crippen LogP contribution in [0.3, 0.4) is 0 Å². The van der Waals surface area contributed by atoms with Crippen molar-refractivity contribution in [3.05, 3.63) is 17.7 Å². The molecule has 0 aliphatic carbocycles. The molecule has 6 nitrogen and oxygen atoms in total. The van der Waals surface area contributed by atoms with Crippen LogP contribution >= 0.6 is 0 Å². The number of anilines is 3. The summed E-state index contributed by atoms with van der Waals surface area (Å²) in [6, 6.07) is 3.43. The normalized spacial score (nSPS) is 16.7. The van der Waals surface area contributed by atoms with Gasteiger partial charge in [0.1, 0.15) is 0 Å². The first-order valence-electron chi connectivity index (χ1n) is 5.40. The van der Waals surface area contributed by atoms with Gasteiger partial charge in [-0.2, -0.15) is 8.42 Å². The topological polar surface area (TPSA) is 69.7 Å². The van der Waals surface area contributed by atoms with Crippen LogP contribution < -0.4 is 13.9 Å². The third-order valence-electron chi connectivity index (χ3n) is 3.00. The van der Waals surface area contributed by atoms with Gasteiger partial charge in [-0.1, -0.05) is 0 Å². The van der Waals surface area contributed by atoms with Gasteiger partial charge in [0.25, 0.3) is 0 Å². The Labute approximate surface area is 106 Å². The van der Waals surface area contributed by atoms with Crippen molar-refractivity contribution in [1.82, 2.24) is 0 Å². The zero-order chi connectivity index (χ0) is 13.7. The fraction of sp³-hybridized carbons (Fsp3) is 0.364. The van der Waals surface area contributed by atoms with Crippen LogP contribution in [0.4, 0.5) is 17.1 Å². The number of amides is 1. The fourth-order valence-corrected chi connectivity index (χ4v) is 3.10. The summed E-state index contributed by atoms with van der Waals surface area (Å²) in [6.45, 7) is 3.24. The highest BCUT2D eigenvalue weighted by Gasteiger charge is 2.35. The van der Waals surface area contributed by atoms with Crippen molar-refractivity contribution >= 4 is 33.2 Å². The maximum Gasteiger partial charge on any atom is 0.326 e. The minimum atomic E-state index is -3.47. The van der Waals surface area contributed by atoms with E-state index >= 15 is 0 Å². The molecule has 7 heteroatoms. The number of benzene rings is 1. The molecule has 0 spiro atoms. The molecule has 1 N–H and O–H groups in total. The molecule has 1 aliphatic heterocycles. The van der Waals surface area contributed by atoms with Crippen LogP contribution in [0, 0.1) is 6.92 Å². The smallest absolute Gasteiger partial charge is 0.326 e. The molecule has 1 amide bonds. The molecule has 1 heterocycles. The minimum absolute atomic E-state index is 0.185. The van der Waals surface area contributed by atoms with E-state index in [9.17, 15) is 13.2 Å². The van der Waals surface area contributed by atoms with Crippen molar-refractivity contribution in [2.45, 2.75) is 13.8 Å². The largest absolute Gasteiger partial charge is 0.326 e. The van der Waals surface area contributed by atoms with Gasteiger partial charge in [0.2, 0.25) is 5.91 Å². The van der Waals surface area contributed by atoms with E-state index in [2.05, 4.69) is 5.32 Å². The molecule has 0 saturated heterocycles. The molecular weight excluding hydrogens is 254 g/mol. The number of aryl methyl sites for hydroxylation is 1. The van der Waals surface area contributed by atoms with Gasteiger partial charge in [0.05, 0.1) is 11.4 Å². The third-order valence-corrected chi connectivity index (χ3v) is 4.78. The molecule has 98 valence electrons. The Hall–Kier alpha value is -1.76. The molecule has 0 fully saturated rings. The zero-order valence-corrected chi connectivity index (χ0v) is 11.5. The van der Waals surface area contributed by atoms with E-state index in [1.54, 1.807) is 12.1 Å². The predicted molar refractivity (Wildman–Crippen MR) is 71.2 cm³/mol. The molecule has 1 aliphatic rings. The monoisotopic (exact) mass is 269 g/mol. The summed E-state index contributed by atoms with van der Waals surface area (Å²) in [5, 5.41) is 2.69. The Balaban J connectivity index is 2.59. The average molecular weight is 269 g/mol. The number of nitrogens with zero attached hydrogens (tertiary/aromatic N) is 2. The van der Waals surface area contributed by atoms with Gasteiger partial charge in [-0.25, -0.2) is 0 Å². The van der Waals surface area contributed by atoms with Gasteiger partial charge in [-0.15, -0.1) is 0 Å². The van der Waals surface area contributed by atoms with Crippen molar-refractivity contribution in [3.8, 4) is 0 Å².